The number of thioether (sulfide) groups is 1. The molecular weight excluding hydrogens is 282 g/mol. The van der Waals surface area contributed by atoms with Crippen LogP contribution < -0.4 is 5.32 Å². The van der Waals surface area contributed by atoms with Crippen molar-refractivity contribution in [1.82, 2.24) is 5.32 Å². The lowest BCUT2D eigenvalue weighted by Crippen LogP contribution is -2.31. The second-order valence-electron chi connectivity index (χ2n) is 4.46. The third kappa shape index (κ3) is 2.82. The van der Waals surface area contributed by atoms with Crippen molar-refractivity contribution in [3.05, 3.63) is 33.8 Å². The van der Waals surface area contributed by atoms with Gasteiger partial charge >= 0.3 is 0 Å². The Morgan fingerprint density at radius 2 is 2.38 bits per heavy atom. The molecule has 0 saturated heterocycles. The van der Waals surface area contributed by atoms with Gasteiger partial charge in [0, 0.05) is 22.3 Å². The van der Waals surface area contributed by atoms with E-state index in [-0.39, 0.29) is 0 Å². The van der Waals surface area contributed by atoms with Crippen molar-refractivity contribution in [2.24, 2.45) is 0 Å². The highest BCUT2D eigenvalue weighted by Gasteiger charge is 2.23. The fourth-order valence-corrected chi connectivity index (χ4v) is 3.41. The van der Waals surface area contributed by atoms with Gasteiger partial charge in [-0.2, -0.15) is 11.8 Å². The molecule has 1 aromatic rings. The van der Waals surface area contributed by atoms with E-state index < -0.39 is 0 Å². The zero-order valence-corrected chi connectivity index (χ0v) is 12.2. The van der Waals surface area contributed by atoms with Crippen molar-refractivity contribution < 1.29 is 0 Å². The van der Waals surface area contributed by atoms with E-state index in [0.717, 1.165) is 0 Å². The van der Waals surface area contributed by atoms with Gasteiger partial charge in [0.15, 0.2) is 0 Å². The van der Waals surface area contributed by atoms with Crippen LogP contribution in [0.15, 0.2) is 22.7 Å². The summed E-state index contributed by atoms with van der Waals surface area (Å²) in [7, 11) is 0. The van der Waals surface area contributed by atoms with E-state index in [2.05, 4.69) is 52.6 Å². The van der Waals surface area contributed by atoms with Gasteiger partial charge in [0.2, 0.25) is 0 Å². The fraction of sp³-hybridized carbons (Fsp3) is 0.538. The van der Waals surface area contributed by atoms with Gasteiger partial charge in [-0.1, -0.05) is 22.0 Å². The Kier molecular flexibility index (Phi) is 4.34. The third-order valence-corrected chi connectivity index (χ3v) is 4.41. The van der Waals surface area contributed by atoms with E-state index in [1.165, 1.54) is 34.2 Å². The van der Waals surface area contributed by atoms with E-state index in [9.17, 15) is 0 Å². The molecule has 16 heavy (non-hydrogen) atoms. The molecule has 0 radical (unpaired) electrons. The minimum absolute atomic E-state index is 0.560. The molecule has 0 spiro atoms. The number of aryl methyl sites for hydroxylation is 1. The van der Waals surface area contributed by atoms with Gasteiger partial charge in [-0.15, -0.1) is 0 Å². The number of halogens is 1. The number of rotatable bonds is 4. The second-order valence-corrected chi connectivity index (χ2v) is 6.28. The van der Waals surface area contributed by atoms with E-state index in [1.807, 2.05) is 11.8 Å². The van der Waals surface area contributed by atoms with Crippen molar-refractivity contribution in [2.45, 2.75) is 31.8 Å². The highest BCUT2D eigenvalue weighted by atomic mass is 79.9. The Balaban J connectivity index is 2.06. The predicted octanol–water partition coefficient (Wildman–Crippen LogP) is 3.78. The van der Waals surface area contributed by atoms with E-state index in [1.54, 1.807) is 0 Å². The predicted molar refractivity (Wildman–Crippen MR) is 76.2 cm³/mol. The number of hydrogen-bond donors (Lipinski definition) is 1. The molecule has 88 valence electrons. The zero-order valence-electron chi connectivity index (χ0n) is 9.79. The largest absolute Gasteiger partial charge is 0.307 e. The summed E-state index contributed by atoms with van der Waals surface area (Å²) in [5.41, 5.74) is 3.00. The van der Waals surface area contributed by atoms with Crippen LogP contribution in [0, 0.1) is 0 Å². The Labute approximate surface area is 111 Å². The quantitative estimate of drug-likeness (QED) is 0.908. The molecule has 1 aliphatic carbocycles. The van der Waals surface area contributed by atoms with Crippen molar-refractivity contribution >= 4 is 27.7 Å². The monoisotopic (exact) mass is 299 g/mol. The van der Waals surface area contributed by atoms with Crippen molar-refractivity contribution in [1.29, 1.82) is 0 Å². The molecule has 0 heterocycles. The Morgan fingerprint density at radius 1 is 1.56 bits per heavy atom. The maximum atomic E-state index is 3.72. The topological polar surface area (TPSA) is 12.0 Å². The molecule has 1 N–H and O–H groups in total. The second kappa shape index (κ2) is 5.56. The summed E-state index contributed by atoms with van der Waals surface area (Å²) in [4.78, 5) is 0. The molecule has 2 atom stereocenters. The molecule has 1 nitrogen and oxygen atoms in total. The highest BCUT2D eigenvalue weighted by Crippen LogP contribution is 2.33. The van der Waals surface area contributed by atoms with Crippen LogP contribution in [0.25, 0.3) is 0 Å². The smallest absolute Gasteiger partial charge is 0.0328 e. The van der Waals surface area contributed by atoms with Crippen LogP contribution in [0.3, 0.4) is 0 Å². The molecule has 0 aromatic heterocycles. The van der Waals surface area contributed by atoms with E-state index >= 15 is 0 Å². The molecule has 1 aliphatic rings. The van der Waals surface area contributed by atoms with Gasteiger partial charge < -0.3 is 5.32 Å². The summed E-state index contributed by atoms with van der Waals surface area (Å²) in [6, 6.07) is 7.82. The van der Waals surface area contributed by atoms with Gasteiger partial charge in [0.1, 0.15) is 0 Å². The lowest BCUT2D eigenvalue weighted by molar-refractivity contribution is 0.479. The SMILES string of the molecule is CSCC(C)NC1CCc2cc(Br)ccc21. The van der Waals surface area contributed by atoms with Gasteiger partial charge in [0.05, 0.1) is 0 Å². The third-order valence-electron chi connectivity index (χ3n) is 3.09. The zero-order chi connectivity index (χ0) is 11.5. The number of benzene rings is 1. The van der Waals surface area contributed by atoms with Crippen molar-refractivity contribution in [2.75, 3.05) is 12.0 Å². The van der Waals surface area contributed by atoms with Crippen LogP contribution in [-0.4, -0.2) is 18.1 Å². The van der Waals surface area contributed by atoms with Gasteiger partial charge in [0.25, 0.3) is 0 Å². The summed E-state index contributed by atoms with van der Waals surface area (Å²) < 4.78 is 1.20. The maximum Gasteiger partial charge on any atom is 0.0328 e. The number of hydrogen-bond acceptors (Lipinski definition) is 2. The van der Waals surface area contributed by atoms with Crippen molar-refractivity contribution in [3.8, 4) is 0 Å². The normalized spacial score (nSPS) is 20.8. The molecule has 0 saturated carbocycles. The molecule has 0 fully saturated rings. The van der Waals surface area contributed by atoms with Crippen LogP contribution in [0.2, 0.25) is 0 Å². The maximum absolute atomic E-state index is 3.72. The summed E-state index contributed by atoms with van der Waals surface area (Å²) in [5.74, 6) is 1.18. The van der Waals surface area contributed by atoms with Crippen molar-refractivity contribution in [3.63, 3.8) is 0 Å². The van der Waals surface area contributed by atoms with Crippen LogP contribution >= 0.6 is 27.7 Å². The minimum Gasteiger partial charge on any atom is -0.307 e. The van der Waals surface area contributed by atoms with Crippen LogP contribution in [0.5, 0.6) is 0 Å². The molecule has 1 aromatic carbocycles. The van der Waals surface area contributed by atoms with E-state index in [0.29, 0.717) is 12.1 Å². The molecule has 0 aliphatic heterocycles. The van der Waals surface area contributed by atoms with Crippen LogP contribution in [-0.2, 0) is 6.42 Å². The standard InChI is InChI=1S/C13H18BrNS/c1-9(8-16-2)15-13-6-3-10-7-11(14)4-5-12(10)13/h4-5,7,9,13,15H,3,6,8H2,1-2H3. The first-order chi connectivity index (χ1) is 7.70. The van der Waals surface area contributed by atoms with Gasteiger partial charge in [-0.25, -0.2) is 0 Å². The Morgan fingerprint density at radius 3 is 3.12 bits per heavy atom. The molecule has 3 heteroatoms. The van der Waals surface area contributed by atoms with E-state index in [4.69, 9.17) is 0 Å². The lowest BCUT2D eigenvalue weighted by atomic mass is 10.1. The molecule has 2 rings (SSSR count). The summed E-state index contributed by atoms with van der Waals surface area (Å²) in [5, 5.41) is 3.72. The fourth-order valence-electron chi connectivity index (χ4n) is 2.40. The van der Waals surface area contributed by atoms with Gasteiger partial charge in [-0.3, -0.25) is 0 Å². The Hall–Kier alpha value is 0.01000. The van der Waals surface area contributed by atoms with Gasteiger partial charge in [-0.05, 0) is 49.3 Å². The van der Waals surface area contributed by atoms with Crippen LogP contribution in [0.4, 0.5) is 0 Å². The molecule has 0 amide bonds. The average molecular weight is 300 g/mol. The minimum atomic E-state index is 0.560. The lowest BCUT2D eigenvalue weighted by Gasteiger charge is -2.19. The summed E-state index contributed by atoms with van der Waals surface area (Å²) in [6.07, 6.45) is 4.61. The first-order valence-corrected chi connectivity index (χ1v) is 7.92. The summed E-state index contributed by atoms with van der Waals surface area (Å²) in [6.45, 7) is 2.27. The van der Waals surface area contributed by atoms with Crippen LogP contribution in [0.1, 0.15) is 30.5 Å². The number of fused-ring (bicyclic) bond motifs is 1. The molecule has 0 bridgehead atoms. The molecular formula is C13H18BrNS. The number of nitrogens with one attached hydrogen (secondary N) is 1. The first kappa shape index (κ1) is 12.5. The first-order valence-electron chi connectivity index (χ1n) is 5.74. The average Bonchev–Trinajstić information content (AvgIpc) is 2.61. The summed E-state index contributed by atoms with van der Waals surface area (Å²) >= 11 is 5.44. The Bertz CT molecular complexity index is 367. The highest BCUT2D eigenvalue weighted by molar-refractivity contribution is 9.10. The molecule has 2 unspecified atom stereocenters.